The van der Waals surface area contributed by atoms with E-state index in [-0.39, 0.29) is 5.90 Å². The normalized spacial score (nSPS) is 21.8. The summed E-state index contributed by atoms with van der Waals surface area (Å²) in [5.41, 5.74) is -0.865. The highest BCUT2D eigenvalue weighted by Crippen LogP contribution is 2.20. The fraction of sp³-hybridized carbons (Fsp3) is 0.625. The van der Waals surface area contributed by atoms with Crippen molar-refractivity contribution in [2.45, 2.75) is 32.4 Å². The number of nitrogens with zero attached hydrogens (tertiary/aromatic N) is 1. The van der Waals surface area contributed by atoms with E-state index in [1.807, 2.05) is 0 Å². The van der Waals surface area contributed by atoms with Gasteiger partial charge in [-0.2, -0.15) is 0 Å². The van der Waals surface area contributed by atoms with Crippen LogP contribution in [0.15, 0.2) is 4.99 Å². The molecule has 0 saturated heterocycles. The molecule has 1 rings (SSSR count). The summed E-state index contributed by atoms with van der Waals surface area (Å²) >= 11 is 0. The van der Waals surface area contributed by atoms with Crippen LogP contribution in [0.4, 0.5) is 0 Å². The van der Waals surface area contributed by atoms with Gasteiger partial charge in [0, 0.05) is 0 Å². The van der Waals surface area contributed by atoms with Crippen molar-refractivity contribution in [3.63, 3.8) is 0 Å². The van der Waals surface area contributed by atoms with Gasteiger partial charge < -0.3 is 9.47 Å². The van der Waals surface area contributed by atoms with Crippen LogP contribution >= 0.6 is 0 Å². The van der Waals surface area contributed by atoms with E-state index < -0.39 is 17.6 Å². The molecular weight excluding hydrogens is 174 g/mol. The second-order valence-corrected chi connectivity index (χ2v) is 3.27. The van der Waals surface area contributed by atoms with Crippen molar-refractivity contribution in [2.75, 3.05) is 0 Å². The molecule has 0 aromatic heterocycles. The Labute approximate surface area is 75.7 Å². The van der Waals surface area contributed by atoms with Crippen molar-refractivity contribution in [3.05, 3.63) is 0 Å². The summed E-state index contributed by atoms with van der Waals surface area (Å²) in [6.07, 6.45) is -0.608. The van der Waals surface area contributed by atoms with Crippen LogP contribution in [0.1, 0.15) is 20.8 Å². The van der Waals surface area contributed by atoms with Crippen molar-refractivity contribution in [3.8, 4) is 0 Å². The van der Waals surface area contributed by atoms with E-state index in [1.54, 1.807) is 20.8 Å². The van der Waals surface area contributed by atoms with Gasteiger partial charge in [-0.05, 0) is 20.8 Å². The van der Waals surface area contributed by atoms with Gasteiger partial charge in [-0.3, -0.25) is 4.79 Å². The fourth-order valence-electron chi connectivity index (χ4n) is 0.879. The molecule has 0 aliphatic carbocycles. The number of carbonyl (C=O) groups excluding carboxylic acids is 2. The first-order valence-electron chi connectivity index (χ1n) is 3.88. The first-order valence-corrected chi connectivity index (χ1v) is 3.88. The molecule has 0 aromatic carbocycles. The number of hydrogen-bond acceptors (Lipinski definition) is 5. The van der Waals surface area contributed by atoms with E-state index in [1.165, 1.54) is 0 Å². The van der Waals surface area contributed by atoms with E-state index in [9.17, 15) is 9.59 Å². The Morgan fingerprint density at radius 1 is 1.62 bits per heavy atom. The van der Waals surface area contributed by atoms with Gasteiger partial charge >= 0.3 is 5.97 Å². The maximum atomic E-state index is 11.1. The van der Waals surface area contributed by atoms with Crippen molar-refractivity contribution >= 4 is 18.3 Å². The van der Waals surface area contributed by atoms with E-state index in [0.29, 0.717) is 6.47 Å². The van der Waals surface area contributed by atoms with Gasteiger partial charge in [0.2, 0.25) is 5.90 Å². The highest BCUT2D eigenvalue weighted by molar-refractivity contribution is 6.01. The van der Waals surface area contributed by atoms with Gasteiger partial charge in [0.1, 0.15) is 0 Å². The minimum atomic E-state index is -0.865. The Kier molecular flexibility index (Phi) is 2.36. The molecule has 1 unspecified atom stereocenters. The van der Waals surface area contributed by atoms with E-state index >= 15 is 0 Å². The van der Waals surface area contributed by atoms with Crippen LogP contribution in [0.25, 0.3) is 0 Å². The predicted molar refractivity (Wildman–Crippen MR) is 44.2 cm³/mol. The molecule has 13 heavy (non-hydrogen) atoms. The zero-order valence-corrected chi connectivity index (χ0v) is 7.73. The molecule has 0 radical (unpaired) electrons. The lowest BCUT2D eigenvalue weighted by atomic mass is 10.1. The third-order valence-corrected chi connectivity index (χ3v) is 1.69. The van der Waals surface area contributed by atoms with Gasteiger partial charge in [0.05, 0.1) is 0 Å². The monoisotopic (exact) mass is 185 g/mol. The zero-order valence-electron chi connectivity index (χ0n) is 7.73. The molecule has 0 amide bonds. The summed E-state index contributed by atoms with van der Waals surface area (Å²) in [6.45, 7) is 5.15. The number of esters is 1. The lowest BCUT2D eigenvalue weighted by molar-refractivity contribution is -0.139. The first kappa shape index (κ1) is 9.70. The van der Waals surface area contributed by atoms with Gasteiger partial charge in [-0.1, -0.05) is 0 Å². The standard InChI is InChI=1S/C8H11NO4/c1-5(12-4-10)6-9-8(2,3)7(11)13-6/h4-5H,1-3H3. The smallest absolute Gasteiger partial charge is 0.340 e. The van der Waals surface area contributed by atoms with Gasteiger partial charge in [-0.25, -0.2) is 9.79 Å². The molecule has 1 atom stereocenters. The summed E-state index contributed by atoms with van der Waals surface area (Å²) < 4.78 is 9.40. The third kappa shape index (κ3) is 1.85. The van der Waals surface area contributed by atoms with E-state index in [4.69, 9.17) is 4.74 Å². The zero-order chi connectivity index (χ0) is 10.1. The van der Waals surface area contributed by atoms with Gasteiger partial charge in [-0.15, -0.1) is 0 Å². The Morgan fingerprint density at radius 2 is 2.23 bits per heavy atom. The van der Waals surface area contributed by atoms with E-state index in [0.717, 1.165) is 0 Å². The minimum absolute atomic E-state index is 0.155. The Morgan fingerprint density at radius 3 is 2.62 bits per heavy atom. The van der Waals surface area contributed by atoms with Crippen LogP contribution in [0.2, 0.25) is 0 Å². The highest BCUT2D eigenvalue weighted by atomic mass is 16.6. The second-order valence-electron chi connectivity index (χ2n) is 3.27. The molecular formula is C8H11NO4. The molecule has 0 spiro atoms. The lowest BCUT2D eigenvalue weighted by Gasteiger charge is -2.06. The molecule has 0 fully saturated rings. The topological polar surface area (TPSA) is 65.0 Å². The Balaban J connectivity index is 2.75. The van der Waals surface area contributed by atoms with Crippen molar-refractivity contribution < 1.29 is 19.1 Å². The summed E-state index contributed by atoms with van der Waals surface area (Å²) in [6, 6.07) is 0. The van der Waals surface area contributed by atoms with Gasteiger partial charge in [0.25, 0.3) is 6.47 Å². The quantitative estimate of drug-likeness (QED) is 0.468. The Bertz CT molecular complexity index is 269. The molecule has 1 aliphatic rings. The number of aliphatic imine (C=N–C) groups is 1. The van der Waals surface area contributed by atoms with Crippen LogP contribution in [0.3, 0.4) is 0 Å². The predicted octanol–water partition coefficient (Wildman–Crippen LogP) is 0.282. The maximum absolute atomic E-state index is 11.1. The molecule has 0 bridgehead atoms. The number of cyclic esters (lactones) is 1. The van der Waals surface area contributed by atoms with Crippen molar-refractivity contribution in [1.29, 1.82) is 0 Å². The van der Waals surface area contributed by atoms with Crippen molar-refractivity contribution in [2.24, 2.45) is 4.99 Å². The summed E-state index contributed by atoms with van der Waals surface area (Å²) in [7, 11) is 0. The molecule has 1 heterocycles. The number of carbonyl (C=O) groups is 2. The Hall–Kier alpha value is -1.39. The number of ether oxygens (including phenoxy) is 2. The second kappa shape index (κ2) is 3.16. The summed E-state index contributed by atoms with van der Waals surface area (Å²) in [5, 5.41) is 0. The fourth-order valence-corrected chi connectivity index (χ4v) is 0.879. The van der Waals surface area contributed by atoms with Crippen LogP contribution in [-0.2, 0) is 19.1 Å². The molecule has 5 heteroatoms. The summed E-state index contributed by atoms with van der Waals surface area (Å²) in [5.74, 6) is -0.272. The van der Waals surface area contributed by atoms with Gasteiger partial charge in [0.15, 0.2) is 11.6 Å². The maximum Gasteiger partial charge on any atom is 0.340 e. The van der Waals surface area contributed by atoms with Crippen LogP contribution < -0.4 is 0 Å². The number of hydrogen-bond donors (Lipinski definition) is 0. The molecule has 0 aromatic rings. The summed E-state index contributed by atoms with van der Waals surface area (Å²) in [4.78, 5) is 25.1. The van der Waals surface area contributed by atoms with E-state index in [2.05, 4.69) is 9.73 Å². The largest absolute Gasteiger partial charge is 0.455 e. The number of rotatable bonds is 3. The molecule has 0 saturated carbocycles. The van der Waals surface area contributed by atoms with Crippen molar-refractivity contribution in [1.82, 2.24) is 0 Å². The van der Waals surface area contributed by atoms with Crippen LogP contribution in [0, 0.1) is 0 Å². The minimum Gasteiger partial charge on any atom is -0.455 e. The average Bonchev–Trinajstić information content (AvgIpc) is 2.27. The van der Waals surface area contributed by atoms with Crippen LogP contribution in [0.5, 0.6) is 0 Å². The molecule has 0 N–H and O–H groups in total. The SMILES string of the molecule is CC(OC=O)C1=NC(C)(C)C(=O)O1. The molecule has 1 aliphatic heterocycles. The highest BCUT2D eigenvalue weighted by Gasteiger charge is 2.39. The lowest BCUT2D eigenvalue weighted by Crippen LogP contribution is -2.25. The molecule has 5 nitrogen and oxygen atoms in total. The molecule has 72 valence electrons. The first-order chi connectivity index (χ1) is 5.97. The third-order valence-electron chi connectivity index (χ3n) is 1.69. The van der Waals surface area contributed by atoms with Crippen LogP contribution in [-0.4, -0.2) is 30.0 Å². The average molecular weight is 185 g/mol.